The number of carbonyl (C=O) groups excluding carboxylic acids is 1. The summed E-state index contributed by atoms with van der Waals surface area (Å²) < 4.78 is 42.1. The van der Waals surface area contributed by atoms with E-state index in [1.807, 2.05) is 32.0 Å². The third-order valence-electron chi connectivity index (χ3n) is 6.47. The molecule has 38 heavy (non-hydrogen) atoms. The van der Waals surface area contributed by atoms with Crippen molar-refractivity contribution in [3.05, 3.63) is 77.0 Å². The van der Waals surface area contributed by atoms with Crippen LogP contribution in [-0.2, 0) is 4.74 Å². The van der Waals surface area contributed by atoms with Crippen molar-refractivity contribution in [2.24, 2.45) is 0 Å². The van der Waals surface area contributed by atoms with E-state index in [1.54, 1.807) is 4.90 Å². The number of benzene rings is 1. The van der Waals surface area contributed by atoms with Gasteiger partial charge in [0.15, 0.2) is 0 Å². The number of hydrogen-bond donors (Lipinski definition) is 1. The summed E-state index contributed by atoms with van der Waals surface area (Å²) in [6, 6.07) is 10.4. The van der Waals surface area contributed by atoms with Crippen molar-refractivity contribution in [2.75, 3.05) is 36.5 Å². The highest BCUT2D eigenvalue weighted by molar-refractivity contribution is 5.97. The summed E-state index contributed by atoms with van der Waals surface area (Å²) in [5, 5.41) is 22.7. The fourth-order valence-corrected chi connectivity index (χ4v) is 4.72. The Labute approximate surface area is 218 Å². The highest BCUT2D eigenvalue weighted by atomic mass is 19.4. The summed E-state index contributed by atoms with van der Waals surface area (Å²) in [6.45, 7) is 5.29. The number of rotatable bonds is 5. The molecule has 0 saturated carbocycles. The Morgan fingerprint density at radius 2 is 1.97 bits per heavy atom. The Morgan fingerprint density at radius 3 is 2.58 bits per heavy atom. The van der Waals surface area contributed by atoms with Crippen LogP contribution >= 0.6 is 0 Å². The van der Waals surface area contributed by atoms with Crippen LogP contribution in [0.2, 0.25) is 0 Å². The Hall–Kier alpha value is -3.61. The highest BCUT2D eigenvalue weighted by Crippen LogP contribution is 2.36. The predicted molar refractivity (Wildman–Crippen MR) is 137 cm³/mol. The first kappa shape index (κ1) is 27.4. The van der Waals surface area contributed by atoms with E-state index >= 15 is 0 Å². The molecule has 2 aliphatic rings. The van der Waals surface area contributed by atoms with Gasteiger partial charge in [-0.25, -0.2) is 19.9 Å². The summed E-state index contributed by atoms with van der Waals surface area (Å²) in [7, 11) is 0.982. The molecule has 2 amide bonds. The standard InChI is InChI=1S/C26H30F3N5O4/c1-18-6-4-7-21(16-18)32-15-14-31(17-19(32)2)25(35)33(24-23(34(3,36)37)8-5-13-30-24)20-9-11-22(12-10-20)38-26(27,28)29/h4-9,11,13,16,19,36H,10,12,14-15,17H2,1-3H3. The number of halogens is 3. The van der Waals surface area contributed by atoms with Gasteiger partial charge in [0.25, 0.3) is 0 Å². The molecular formula is C26H30F3N5O4. The van der Waals surface area contributed by atoms with Crippen LogP contribution in [0.4, 0.5) is 35.2 Å². The van der Waals surface area contributed by atoms with Gasteiger partial charge in [0.1, 0.15) is 12.8 Å². The molecule has 1 fully saturated rings. The van der Waals surface area contributed by atoms with E-state index in [0.717, 1.165) is 24.4 Å². The summed E-state index contributed by atoms with van der Waals surface area (Å²) in [5.41, 5.74) is 2.31. The molecule has 2 atom stereocenters. The monoisotopic (exact) mass is 533 g/mol. The number of hydrogen-bond acceptors (Lipinski definition) is 6. The second kappa shape index (κ2) is 10.6. The molecular weight excluding hydrogens is 503 g/mol. The van der Waals surface area contributed by atoms with E-state index in [-0.39, 0.29) is 36.1 Å². The first-order valence-corrected chi connectivity index (χ1v) is 12.2. The Balaban J connectivity index is 1.66. The number of urea groups is 1. The number of pyridine rings is 1. The number of alkyl halides is 3. The largest absolute Gasteiger partial charge is 0.593 e. The molecule has 2 heterocycles. The number of allylic oxidation sites excluding steroid dienone is 4. The SMILES string of the molecule is Cc1cccc(N2CCN(C(=O)N(C3=CC=C(OC(F)(F)F)CC3)c3ncccc3[N+](C)([O-])O)CC2C)c1. The maximum atomic E-state index is 14.0. The summed E-state index contributed by atoms with van der Waals surface area (Å²) in [5.74, 6) is -0.381. The van der Waals surface area contributed by atoms with Crippen LogP contribution in [0.15, 0.2) is 66.2 Å². The number of carbonyl (C=O) groups is 1. The lowest BCUT2D eigenvalue weighted by Gasteiger charge is -2.43. The molecule has 2 aromatic rings. The van der Waals surface area contributed by atoms with Crippen molar-refractivity contribution in [1.82, 2.24) is 14.7 Å². The molecule has 1 N–H and O–H groups in total. The average molecular weight is 534 g/mol. The molecule has 1 aliphatic heterocycles. The Kier molecular flexibility index (Phi) is 7.68. The molecule has 0 radical (unpaired) electrons. The molecule has 1 saturated heterocycles. The first-order valence-electron chi connectivity index (χ1n) is 12.2. The molecule has 204 valence electrons. The molecule has 0 bridgehead atoms. The first-order chi connectivity index (χ1) is 17.8. The minimum atomic E-state index is -4.83. The van der Waals surface area contributed by atoms with Crippen molar-refractivity contribution < 1.29 is 27.9 Å². The van der Waals surface area contributed by atoms with E-state index in [4.69, 9.17) is 0 Å². The van der Waals surface area contributed by atoms with Gasteiger partial charge >= 0.3 is 12.4 Å². The van der Waals surface area contributed by atoms with Crippen LogP contribution in [0, 0.1) is 12.1 Å². The number of anilines is 2. The second-order valence-electron chi connectivity index (χ2n) is 9.51. The van der Waals surface area contributed by atoms with Crippen molar-refractivity contribution in [2.45, 2.75) is 39.1 Å². The van der Waals surface area contributed by atoms with Crippen LogP contribution in [0.25, 0.3) is 0 Å². The molecule has 1 aliphatic carbocycles. The van der Waals surface area contributed by atoms with Gasteiger partial charge in [0.2, 0.25) is 11.5 Å². The maximum absolute atomic E-state index is 14.0. The zero-order valence-electron chi connectivity index (χ0n) is 21.4. The molecule has 9 nitrogen and oxygen atoms in total. The molecule has 0 spiro atoms. The lowest BCUT2D eigenvalue weighted by molar-refractivity contribution is -0.306. The topological polar surface area (TPSA) is 92.2 Å². The second-order valence-corrected chi connectivity index (χ2v) is 9.51. The van der Waals surface area contributed by atoms with Gasteiger partial charge in [0.05, 0.1) is 0 Å². The number of hydroxylamine groups is 2. The minimum Gasteiger partial charge on any atom is -0.593 e. The lowest BCUT2D eigenvalue weighted by atomic mass is 10.1. The van der Waals surface area contributed by atoms with Crippen molar-refractivity contribution >= 4 is 23.2 Å². The zero-order chi connectivity index (χ0) is 27.7. The van der Waals surface area contributed by atoms with Gasteiger partial charge in [-0.15, -0.1) is 13.2 Å². The van der Waals surface area contributed by atoms with Crippen LogP contribution in [-0.4, -0.2) is 60.2 Å². The van der Waals surface area contributed by atoms with Crippen molar-refractivity contribution in [1.29, 1.82) is 0 Å². The summed E-state index contributed by atoms with van der Waals surface area (Å²) in [6.07, 6.45) is -1.04. The molecule has 12 heteroatoms. The van der Waals surface area contributed by atoms with Gasteiger partial charge < -0.3 is 19.7 Å². The fourth-order valence-electron chi connectivity index (χ4n) is 4.72. The van der Waals surface area contributed by atoms with E-state index in [0.29, 0.717) is 25.3 Å². The maximum Gasteiger partial charge on any atom is 0.572 e. The lowest BCUT2D eigenvalue weighted by Crippen LogP contribution is -2.57. The van der Waals surface area contributed by atoms with Crippen LogP contribution in [0.1, 0.15) is 25.3 Å². The van der Waals surface area contributed by atoms with Crippen molar-refractivity contribution in [3.8, 4) is 0 Å². The number of aromatic nitrogens is 1. The zero-order valence-corrected chi connectivity index (χ0v) is 21.4. The van der Waals surface area contributed by atoms with Crippen molar-refractivity contribution in [3.63, 3.8) is 0 Å². The number of nitrogens with zero attached hydrogens (tertiary/aromatic N) is 5. The Morgan fingerprint density at radius 1 is 1.21 bits per heavy atom. The third-order valence-corrected chi connectivity index (χ3v) is 6.47. The van der Waals surface area contributed by atoms with Gasteiger partial charge in [0, 0.05) is 55.7 Å². The quantitative estimate of drug-likeness (QED) is 0.406. The van der Waals surface area contributed by atoms with Gasteiger partial charge in [-0.1, -0.05) is 12.1 Å². The highest BCUT2D eigenvalue weighted by Gasteiger charge is 2.37. The number of ether oxygens (including phenoxy) is 1. The van der Waals surface area contributed by atoms with Gasteiger partial charge in [-0.2, -0.15) is 4.81 Å². The van der Waals surface area contributed by atoms with E-state index in [1.165, 1.54) is 29.3 Å². The Bertz CT molecular complexity index is 1240. The molecule has 1 aromatic heterocycles. The van der Waals surface area contributed by atoms with E-state index in [9.17, 15) is 28.4 Å². The number of amides is 2. The van der Waals surface area contributed by atoms with E-state index in [2.05, 4.69) is 20.7 Å². The molecule has 2 unspecified atom stereocenters. The normalized spacial score (nSPS) is 19.8. The van der Waals surface area contributed by atoms with Crippen LogP contribution in [0.5, 0.6) is 0 Å². The minimum absolute atomic E-state index is 0.0243. The van der Waals surface area contributed by atoms with E-state index < -0.39 is 17.2 Å². The van der Waals surface area contributed by atoms with Crippen LogP contribution in [0.3, 0.4) is 0 Å². The van der Waals surface area contributed by atoms with Crippen LogP contribution < -0.4 is 14.6 Å². The molecule has 1 aromatic carbocycles. The smallest absolute Gasteiger partial charge is 0.572 e. The average Bonchev–Trinajstić information content (AvgIpc) is 2.84. The fraction of sp³-hybridized carbons (Fsp3) is 0.385. The number of quaternary nitrogens is 1. The number of aryl methyl sites for hydroxylation is 1. The summed E-state index contributed by atoms with van der Waals surface area (Å²) >= 11 is 0. The van der Waals surface area contributed by atoms with Gasteiger partial charge in [-0.05, 0) is 56.2 Å². The molecule has 4 rings (SSSR count). The van der Waals surface area contributed by atoms with Gasteiger partial charge in [-0.3, -0.25) is 0 Å². The third kappa shape index (κ3) is 6.26. The number of piperazine rings is 1. The summed E-state index contributed by atoms with van der Waals surface area (Å²) in [4.78, 5) is 21.4. The predicted octanol–water partition coefficient (Wildman–Crippen LogP) is 5.45.